The summed E-state index contributed by atoms with van der Waals surface area (Å²) in [6, 6.07) is 5.58. The van der Waals surface area contributed by atoms with Gasteiger partial charge in [-0.3, -0.25) is 14.8 Å². The number of pyridine rings is 2. The number of amides is 1. The summed E-state index contributed by atoms with van der Waals surface area (Å²) in [4.78, 5) is 20.4. The molecule has 0 aliphatic heterocycles. The van der Waals surface area contributed by atoms with Crippen LogP contribution >= 0.6 is 0 Å². The number of carbonyl (C=O) groups excluding carboxylic acids is 1. The van der Waals surface area contributed by atoms with Crippen molar-refractivity contribution in [3.8, 4) is 11.3 Å². The highest BCUT2D eigenvalue weighted by atomic mass is 16.1. The molecule has 0 spiro atoms. The average molecular weight is 241 g/mol. The smallest absolute Gasteiger partial charge is 0.253 e. The highest BCUT2D eigenvalue weighted by Crippen LogP contribution is 2.21. The van der Waals surface area contributed by atoms with E-state index >= 15 is 0 Å². The lowest BCUT2D eigenvalue weighted by Gasteiger charge is -2.09. The number of aryl methyl sites for hydroxylation is 1. The first-order chi connectivity index (χ1) is 8.72. The predicted octanol–water partition coefficient (Wildman–Crippen LogP) is 2.20. The van der Waals surface area contributed by atoms with E-state index < -0.39 is 0 Å². The predicted molar refractivity (Wildman–Crippen MR) is 70.2 cm³/mol. The van der Waals surface area contributed by atoms with Gasteiger partial charge in [0.15, 0.2) is 0 Å². The minimum absolute atomic E-state index is 0.104. The van der Waals surface area contributed by atoms with Gasteiger partial charge in [0.1, 0.15) is 0 Å². The Morgan fingerprint density at radius 2 is 2.22 bits per heavy atom. The minimum atomic E-state index is -0.104. The molecule has 0 saturated heterocycles. The molecule has 18 heavy (non-hydrogen) atoms. The second-order valence-corrected chi connectivity index (χ2v) is 4.01. The van der Waals surface area contributed by atoms with E-state index in [-0.39, 0.29) is 5.91 Å². The lowest BCUT2D eigenvalue weighted by molar-refractivity contribution is 0.0956. The molecule has 92 valence electrons. The maximum absolute atomic E-state index is 12.0. The number of nitrogens with one attached hydrogen (secondary N) is 1. The monoisotopic (exact) mass is 241 g/mol. The molecule has 0 bridgehead atoms. The second kappa shape index (κ2) is 5.40. The maximum atomic E-state index is 12.0. The molecule has 4 heteroatoms. The summed E-state index contributed by atoms with van der Waals surface area (Å²) in [6.45, 7) is 4.41. The van der Waals surface area contributed by atoms with Crippen molar-refractivity contribution in [3.05, 3.63) is 47.9 Å². The van der Waals surface area contributed by atoms with Gasteiger partial charge < -0.3 is 5.32 Å². The second-order valence-electron chi connectivity index (χ2n) is 4.01. The lowest BCUT2D eigenvalue weighted by Crippen LogP contribution is -2.23. The Bertz CT molecular complexity index is 552. The lowest BCUT2D eigenvalue weighted by atomic mass is 10.1. The fourth-order valence-electron chi connectivity index (χ4n) is 1.73. The van der Waals surface area contributed by atoms with Crippen molar-refractivity contribution >= 4 is 5.91 Å². The number of hydrogen-bond donors (Lipinski definition) is 1. The van der Waals surface area contributed by atoms with Crippen LogP contribution in [0.5, 0.6) is 0 Å². The van der Waals surface area contributed by atoms with Crippen LogP contribution < -0.4 is 5.32 Å². The Hall–Kier alpha value is -2.23. The van der Waals surface area contributed by atoms with Crippen LogP contribution in [0.4, 0.5) is 0 Å². The molecule has 1 amide bonds. The molecule has 2 rings (SSSR count). The van der Waals surface area contributed by atoms with Gasteiger partial charge in [-0.25, -0.2) is 0 Å². The molecule has 1 N–H and O–H groups in total. The van der Waals surface area contributed by atoms with E-state index in [4.69, 9.17) is 0 Å². The maximum Gasteiger partial charge on any atom is 0.253 e. The molecule has 0 fully saturated rings. The van der Waals surface area contributed by atoms with Crippen molar-refractivity contribution in [2.24, 2.45) is 0 Å². The first-order valence-electron chi connectivity index (χ1n) is 5.87. The van der Waals surface area contributed by atoms with Crippen molar-refractivity contribution in [3.63, 3.8) is 0 Å². The molecule has 0 saturated carbocycles. The van der Waals surface area contributed by atoms with E-state index in [0.717, 1.165) is 11.1 Å². The summed E-state index contributed by atoms with van der Waals surface area (Å²) in [7, 11) is 0. The van der Waals surface area contributed by atoms with Crippen LogP contribution in [-0.4, -0.2) is 22.4 Å². The SMILES string of the molecule is CCNC(=O)c1cc(C)cnc1-c1cccnc1. The minimum Gasteiger partial charge on any atom is -0.352 e. The van der Waals surface area contributed by atoms with Crippen LogP contribution in [-0.2, 0) is 0 Å². The Morgan fingerprint density at radius 1 is 1.39 bits per heavy atom. The van der Waals surface area contributed by atoms with Crippen LogP contribution in [0.15, 0.2) is 36.8 Å². The van der Waals surface area contributed by atoms with E-state index in [1.807, 2.05) is 32.0 Å². The molecule has 0 radical (unpaired) electrons. The topological polar surface area (TPSA) is 54.9 Å². The van der Waals surface area contributed by atoms with Gasteiger partial charge in [-0.15, -0.1) is 0 Å². The van der Waals surface area contributed by atoms with Crippen molar-refractivity contribution in [2.75, 3.05) is 6.54 Å². The summed E-state index contributed by atoms with van der Waals surface area (Å²) < 4.78 is 0. The number of nitrogens with zero attached hydrogens (tertiary/aromatic N) is 2. The molecule has 0 aliphatic carbocycles. The summed E-state index contributed by atoms with van der Waals surface area (Å²) >= 11 is 0. The first-order valence-corrected chi connectivity index (χ1v) is 5.87. The largest absolute Gasteiger partial charge is 0.352 e. The molecule has 0 atom stereocenters. The van der Waals surface area contributed by atoms with Gasteiger partial charge in [0.2, 0.25) is 0 Å². The molecular weight excluding hydrogens is 226 g/mol. The van der Waals surface area contributed by atoms with Gasteiger partial charge >= 0.3 is 0 Å². The highest BCUT2D eigenvalue weighted by molar-refractivity contribution is 5.99. The molecule has 0 aromatic carbocycles. The molecule has 2 aromatic heterocycles. The van der Waals surface area contributed by atoms with Crippen LogP contribution in [0, 0.1) is 6.92 Å². The molecule has 4 nitrogen and oxygen atoms in total. The fourth-order valence-corrected chi connectivity index (χ4v) is 1.73. The van der Waals surface area contributed by atoms with Crippen molar-refractivity contribution < 1.29 is 4.79 Å². The van der Waals surface area contributed by atoms with Gasteiger partial charge in [-0.1, -0.05) is 0 Å². The standard InChI is InChI=1S/C14H15N3O/c1-3-16-14(18)12-7-10(2)8-17-13(12)11-5-4-6-15-9-11/h4-9H,3H2,1-2H3,(H,16,18). The third-order valence-electron chi connectivity index (χ3n) is 2.54. The van der Waals surface area contributed by atoms with E-state index in [1.165, 1.54) is 0 Å². The third-order valence-corrected chi connectivity index (χ3v) is 2.54. The number of hydrogen-bond acceptors (Lipinski definition) is 3. The molecular formula is C14H15N3O. The van der Waals surface area contributed by atoms with Crippen LogP contribution in [0.3, 0.4) is 0 Å². The average Bonchev–Trinajstić information content (AvgIpc) is 2.40. The van der Waals surface area contributed by atoms with E-state index in [0.29, 0.717) is 17.8 Å². The van der Waals surface area contributed by atoms with E-state index in [1.54, 1.807) is 18.6 Å². The molecule has 2 aromatic rings. The zero-order valence-corrected chi connectivity index (χ0v) is 10.5. The van der Waals surface area contributed by atoms with Gasteiger partial charge in [0.05, 0.1) is 11.3 Å². The summed E-state index contributed by atoms with van der Waals surface area (Å²) in [5, 5.41) is 2.80. The molecule has 2 heterocycles. The van der Waals surface area contributed by atoms with E-state index in [9.17, 15) is 4.79 Å². The molecule has 0 unspecified atom stereocenters. The third kappa shape index (κ3) is 2.53. The normalized spacial score (nSPS) is 10.1. The van der Waals surface area contributed by atoms with Gasteiger partial charge in [0.25, 0.3) is 5.91 Å². The highest BCUT2D eigenvalue weighted by Gasteiger charge is 2.13. The van der Waals surface area contributed by atoms with Crippen LogP contribution in [0.25, 0.3) is 11.3 Å². The summed E-state index contributed by atoms with van der Waals surface area (Å²) in [5.74, 6) is -0.104. The Labute approximate surface area is 106 Å². The number of carbonyl (C=O) groups is 1. The molecule has 0 aliphatic rings. The zero-order valence-electron chi connectivity index (χ0n) is 10.5. The van der Waals surface area contributed by atoms with Crippen molar-refractivity contribution in [1.82, 2.24) is 15.3 Å². The van der Waals surface area contributed by atoms with Crippen molar-refractivity contribution in [2.45, 2.75) is 13.8 Å². The van der Waals surface area contributed by atoms with Gasteiger partial charge in [-0.2, -0.15) is 0 Å². The summed E-state index contributed by atoms with van der Waals surface area (Å²) in [6.07, 6.45) is 5.16. The Morgan fingerprint density at radius 3 is 2.89 bits per heavy atom. The van der Waals surface area contributed by atoms with E-state index in [2.05, 4.69) is 15.3 Å². The Kier molecular flexibility index (Phi) is 3.67. The van der Waals surface area contributed by atoms with Crippen LogP contribution in [0.1, 0.15) is 22.8 Å². The first kappa shape index (κ1) is 12.2. The quantitative estimate of drug-likeness (QED) is 0.896. The van der Waals surface area contributed by atoms with Crippen molar-refractivity contribution in [1.29, 1.82) is 0 Å². The van der Waals surface area contributed by atoms with Gasteiger partial charge in [-0.05, 0) is 37.6 Å². The Balaban J connectivity index is 2.51. The number of rotatable bonds is 3. The summed E-state index contributed by atoms with van der Waals surface area (Å²) in [5.41, 5.74) is 3.06. The van der Waals surface area contributed by atoms with Crippen LogP contribution in [0.2, 0.25) is 0 Å². The number of aromatic nitrogens is 2. The van der Waals surface area contributed by atoms with Gasteiger partial charge in [0, 0.05) is 30.7 Å². The zero-order chi connectivity index (χ0) is 13.0. The fraction of sp³-hybridized carbons (Fsp3) is 0.214.